The molecule has 116 valence electrons. The maximum Gasteiger partial charge on any atom is 0.325 e. The van der Waals surface area contributed by atoms with E-state index >= 15 is 0 Å². The molecule has 1 N–H and O–H groups in total. The molecule has 2 amide bonds. The molecule has 0 bridgehead atoms. The molecule has 0 saturated heterocycles. The second-order valence-corrected chi connectivity index (χ2v) is 6.25. The molecule has 0 aromatic heterocycles. The van der Waals surface area contributed by atoms with Crippen molar-refractivity contribution < 1.29 is 14.7 Å². The van der Waals surface area contributed by atoms with Crippen molar-refractivity contribution in [3.8, 4) is 0 Å². The lowest BCUT2D eigenvalue weighted by Gasteiger charge is -2.38. The Morgan fingerprint density at radius 1 is 1.19 bits per heavy atom. The van der Waals surface area contributed by atoms with Gasteiger partial charge >= 0.3 is 12.0 Å². The van der Waals surface area contributed by atoms with Gasteiger partial charge in [0.2, 0.25) is 0 Å². The highest BCUT2D eigenvalue weighted by Gasteiger charge is 2.30. The smallest absolute Gasteiger partial charge is 0.325 e. The van der Waals surface area contributed by atoms with Crippen molar-refractivity contribution in [2.75, 3.05) is 18.5 Å². The number of nitrogens with zero attached hydrogens (tertiary/aromatic N) is 2. The lowest BCUT2D eigenvalue weighted by molar-refractivity contribution is -0.135. The maximum atomic E-state index is 12.7. The highest BCUT2D eigenvalue weighted by Crippen LogP contribution is 2.25. The van der Waals surface area contributed by atoms with Crippen LogP contribution in [-0.2, 0) is 4.79 Å². The predicted octanol–water partition coefficient (Wildman–Crippen LogP) is 3.06. The molecule has 0 spiro atoms. The second kappa shape index (κ2) is 6.61. The minimum Gasteiger partial charge on any atom is -0.480 e. The normalized spacial score (nSPS) is 12.6. The van der Waals surface area contributed by atoms with E-state index in [1.807, 2.05) is 33.8 Å². The van der Waals surface area contributed by atoms with Crippen LogP contribution in [0.2, 0.25) is 0 Å². The van der Waals surface area contributed by atoms with E-state index in [1.54, 1.807) is 36.2 Å². The first-order chi connectivity index (χ1) is 9.64. The van der Waals surface area contributed by atoms with Gasteiger partial charge in [0.15, 0.2) is 0 Å². The molecular formula is C16H24N2O3. The van der Waals surface area contributed by atoms with E-state index in [9.17, 15) is 9.59 Å². The minimum atomic E-state index is -1.04. The van der Waals surface area contributed by atoms with E-state index in [0.717, 1.165) is 0 Å². The van der Waals surface area contributed by atoms with Gasteiger partial charge in [-0.3, -0.25) is 9.69 Å². The fraction of sp³-hybridized carbons (Fsp3) is 0.500. The molecular weight excluding hydrogens is 268 g/mol. The standard InChI is InChI=1S/C16H24N2O3/c1-12(16(2,3)4)17(5)15(21)18(11-14(19)20)13-9-7-6-8-10-13/h6-10,12H,11H2,1-5H3,(H,19,20). The van der Waals surface area contributed by atoms with Crippen LogP contribution in [0.1, 0.15) is 27.7 Å². The number of para-hydroxylation sites is 1. The topological polar surface area (TPSA) is 60.9 Å². The van der Waals surface area contributed by atoms with Gasteiger partial charge in [0.05, 0.1) is 0 Å². The van der Waals surface area contributed by atoms with Gasteiger partial charge < -0.3 is 10.0 Å². The molecule has 1 aromatic carbocycles. The van der Waals surface area contributed by atoms with Crippen molar-refractivity contribution >= 4 is 17.7 Å². The number of aliphatic carboxylic acids is 1. The van der Waals surface area contributed by atoms with Gasteiger partial charge in [-0.15, -0.1) is 0 Å². The van der Waals surface area contributed by atoms with Crippen LogP contribution in [0.15, 0.2) is 30.3 Å². The molecule has 0 heterocycles. The largest absolute Gasteiger partial charge is 0.480 e. The number of urea groups is 1. The average molecular weight is 292 g/mol. The summed E-state index contributed by atoms with van der Waals surface area (Å²) in [4.78, 5) is 26.6. The molecule has 1 aromatic rings. The van der Waals surface area contributed by atoms with Crippen molar-refractivity contribution in [2.24, 2.45) is 5.41 Å². The molecule has 5 nitrogen and oxygen atoms in total. The lowest BCUT2D eigenvalue weighted by Crippen LogP contribution is -2.50. The first-order valence-corrected chi connectivity index (χ1v) is 6.95. The third-order valence-corrected chi connectivity index (χ3v) is 3.73. The van der Waals surface area contributed by atoms with Gasteiger partial charge in [0.1, 0.15) is 6.54 Å². The van der Waals surface area contributed by atoms with Crippen LogP contribution in [0.4, 0.5) is 10.5 Å². The first-order valence-electron chi connectivity index (χ1n) is 6.95. The summed E-state index contributed by atoms with van der Waals surface area (Å²) >= 11 is 0. The quantitative estimate of drug-likeness (QED) is 0.927. The monoisotopic (exact) mass is 292 g/mol. The van der Waals surface area contributed by atoms with Crippen LogP contribution in [-0.4, -0.2) is 41.6 Å². The van der Waals surface area contributed by atoms with Crippen LogP contribution < -0.4 is 4.90 Å². The van der Waals surface area contributed by atoms with Crippen LogP contribution in [0.5, 0.6) is 0 Å². The Balaban J connectivity index is 3.04. The van der Waals surface area contributed by atoms with E-state index in [1.165, 1.54) is 4.90 Å². The van der Waals surface area contributed by atoms with Crippen molar-refractivity contribution in [3.63, 3.8) is 0 Å². The number of carboxylic acids is 1. The van der Waals surface area contributed by atoms with Crippen molar-refractivity contribution in [1.82, 2.24) is 4.90 Å². The lowest BCUT2D eigenvalue weighted by atomic mass is 9.87. The Morgan fingerprint density at radius 3 is 2.14 bits per heavy atom. The van der Waals surface area contributed by atoms with Gasteiger partial charge in [-0.25, -0.2) is 4.79 Å². The molecule has 21 heavy (non-hydrogen) atoms. The number of carboxylic acid groups (broad SMARTS) is 1. The summed E-state index contributed by atoms with van der Waals surface area (Å²) in [5.74, 6) is -1.04. The highest BCUT2D eigenvalue weighted by molar-refractivity contribution is 5.96. The van der Waals surface area contributed by atoms with E-state index in [0.29, 0.717) is 5.69 Å². The summed E-state index contributed by atoms with van der Waals surface area (Å²) in [6, 6.07) is 8.52. The minimum absolute atomic E-state index is 0.0231. The third-order valence-electron chi connectivity index (χ3n) is 3.73. The molecule has 0 radical (unpaired) electrons. The van der Waals surface area contributed by atoms with Crippen LogP contribution in [0.25, 0.3) is 0 Å². The number of amides is 2. The maximum absolute atomic E-state index is 12.7. The van der Waals surface area contributed by atoms with Gasteiger partial charge in [-0.05, 0) is 24.5 Å². The molecule has 0 aliphatic carbocycles. The summed E-state index contributed by atoms with van der Waals surface area (Å²) in [5.41, 5.74) is 0.494. The molecule has 0 fully saturated rings. The zero-order chi connectivity index (χ0) is 16.2. The first kappa shape index (κ1) is 17.0. The zero-order valence-corrected chi connectivity index (χ0v) is 13.3. The Hall–Kier alpha value is -2.04. The Morgan fingerprint density at radius 2 is 1.71 bits per heavy atom. The van der Waals surface area contributed by atoms with E-state index < -0.39 is 5.97 Å². The number of rotatable bonds is 4. The van der Waals surface area contributed by atoms with E-state index in [2.05, 4.69) is 0 Å². The SMILES string of the molecule is CC(N(C)C(=O)N(CC(=O)O)c1ccccc1)C(C)(C)C. The van der Waals surface area contributed by atoms with Crippen molar-refractivity contribution in [3.05, 3.63) is 30.3 Å². The summed E-state index contributed by atoms with van der Waals surface area (Å²) in [5, 5.41) is 9.06. The number of hydrogen-bond acceptors (Lipinski definition) is 2. The van der Waals surface area contributed by atoms with Crippen molar-refractivity contribution in [1.29, 1.82) is 0 Å². The van der Waals surface area contributed by atoms with Crippen molar-refractivity contribution in [2.45, 2.75) is 33.7 Å². The zero-order valence-electron chi connectivity index (χ0n) is 13.3. The van der Waals surface area contributed by atoms with Gasteiger partial charge in [-0.1, -0.05) is 39.0 Å². The summed E-state index contributed by atoms with van der Waals surface area (Å²) in [6.07, 6.45) is 0. The van der Waals surface area contributed by atoms with Crippen LogP contribution >= 0.6 is 0 Å². The predicted molar refractivity (Wildman–Crippen MR) is 83.5 cm³/mol. The van der Waals surface area contributed by atoms with Gasteiger partial charge in [0, 0.05) is 18.8 Å². The summed E-state index contributed by atoms with van der Waals surface area (Å²) in [6.45, 7) is 7.74. The average Bonchev–Trinajstić information content (AvgIpc) is 2.42. The Bertz CT molecular complexity index is 494. The molecule has 1 rings (SSSR count). The van der Waals surface area contributed by atoms with E-state index in [-0.39, 0.29) is 24.0 Å². The fourth-order valence-electron chi connectivity index (χ4n) is 1.95. The third kappa shape index (κ3) is 4.48. The second-order valence-electron chi connectivity index (χ2n) is 6.25. The Kier molecular flexibility index (Phi) is 5.35. The summed E-state index contributed by atoms with van der Waals surface area (Å²) < 4.78 is 0. The molecule has 0 saturated carbocycles. The van der Waals surface area contributed by atoms with E-state index in [4.69, 9.17) is 5.11 Å². The number of hydrogen-bond donors (Lipinski definition) is 1. The molecule has 0 aliphatic rings. The van der Waals surface area contributed by atoms with Crippen LogP contribution in [0, 0.1) is 5.41 Å². The molecule has 0 aliphatic heterocycles. The highest BCUT2D eigenvalue weighted by atomic mass is 16.4. The van der Waals surface area contributed by atoms with Gasteiger partial charge in [-0.2, -0.15) is 0 Å². The number of anilines is 1. The number of carbonyl (C=O) groups excluding carboxylic acids is 1. The fourth-order valence-corrected chi connectivity index (χ4v) is 1.95. The molecule has 5 heteroatoms. The van der Waals surface area contributed by atoms with Gasteiger partial charge in [0.25, 0.3) is 0 Å². The van der Waals surface area contributed by atoms with Crippen LogP contribution in [0.3, 0.4) is 0 Å². The molecule has 1 atom stereocenters. The number of benzene rings is 1. The number of carbonyl (C=O) groups is 2. The summed E-state index contributed by atoms with van der Waals surface area (Å²) in [7, 11) is 1.70. The molecule has 1 unspecified atom stereocenters. The Labute approximate surface area is 126 Å².